The van der Waals surface area contributed by atoms with Gasteiger partial charge in [-0.3, -0.25) is 24.5 Å². The van der Waals surface area contributed by atoms with Crippen LogP contribution in [0, 0.1) is 20.8 Å². The van der Waals surface area contributed by atoms with Gasteiger partial charge in [-0.25, -0.2) is 9.69 Å². The van der Waals surface area contributed by atoms with Gasteiger partial charge in [-0.15, -0.1) is 0 Å². The molecular formula is C26H23N3O7. The lowest BCUT2D eigenvalue weighted by atomic mass is 10.1. The van der Waals surface area contributed by atoms with Gasteiger partial charge < -0.3 is 14.9 Å². The minimum atomic E-state index is -0.996. The molecule has 0 bridgehead atoms. The summed E-state index contributed by atoms with van der Waals surface area (Å²) >= 11 is 0. The molecule has 0 radical (unpaired) electrons. The van der Waals surface area contributed by atoms with E-state index in [1.807, 2.05) is 13.0 Å². The van der Waals surface area contributed by atoms with Crippen LogP contribution in [0.25, 0.3) is 0 Å². The first-order chi connectivity index (χ1) is 17.0. The molecule has 10 heteroatoms. The lowest BCUT2D eigenvalue weighted by Crippen LogP contribution is -2.30. The third kappa shape index (κ3) is 4.02. The molecule has 184 valence electrons. The molecule has 3 aromatic rings. The third-order valence-corrected chi connectivity index (χ3v) is 5.78. The Kier molecular flexibility index (Phi) is 6.19. The number of amides is 4. The molecule has 36 heavy (non-hydrogen) atoms. The van der Waals surface area contributed by atoms with Crippen molar-refractivity contribution in [3.8, 4) is 0 Å². The highest BCUT2D eigenvalue weighted by molar-refractivity contribution is 6.35. The molecule has 0 spiro atoms. The fourth-order valence-corrected chi connectivity index (χ4v) is 4.15. The predicted molar refractivity (Wildman–Crippen MR) is 129 cm³/mol. The van der Waals surface area contributed by atoms with Gasteiger partial charge in [-0.05, 0) is 57.5 Å². The zero-order chi connectivity index (χ0) is 26.3. The van der Waals surface area contributed by atoms with Crippen LogP contribution in [0.5, 0.6) is 0 Å². The van der Waals surface area contributed by atoms with E-state index < -0.39 is 29.6 Å². The predicted octanol–water partition coefficient (Wildman–Crippen LogP) is 3.53. The van der Waals surface area contributed by atoms with Crippen molar-refractivity contribution in [1.82, 2.24) is 0 Å². The first-order valence-electron chi connectivity index (χ1n) is 11.1. The largest absolute Gasteiger partial charge is 0.462 e. The Bertz CT molecular complexity index is 1470. The summed E-state index contributed by atoms with van der Waals surface area (Å²) in [5.74, 6) is -3.90. The van der Waals surface area contributed by atoms with Gasteiger partial charge in [0, 0.05) is 5.56 Å². The summed E-state index contributed by atoms with van der Waals surface area (Å²) in [5.41, 5.74) is 7.37. The number of hydrogen-bond donors (Lipinski definition) is 2. The second kappa shape index (κ2) is 9.14. The third-order valence-electron chi connectivity index (χ3n) is 5.78. The normalized spacial score (nSPS) is 12.5. The van der Waals surface area contributed by atoms with E-state index in [0.717, 1.165) is 16.0 Å². The van der Waals surface area contributed by atoms with Crippen molar-refractivity contribution >= 4 is 41.2 Å². The Hall–Kier alpha value is -4.73. The number of primary amides is 1. The molecule has 0 unspecified atom stereocenters. The summed E-state index contributed by atoms with van der Waals surface area (Å²) in [5, 5.41) is 2.42. The highest BCUT2D eigenvalue weighted by Gasteiger charge is 2.38. The Balaban J connectivity index is 1.66. The SMILES string of the molecule is CCOC(=O)c1c(C)oc(NC(=O)c2ccc3c(c2)C(=O)N(c2ccc(C)cc2C)C3=O)c1C(N)=O. The summed E-state index contributed by atoms with van der Waals surface area (Å²) in [6.45, 7) is 6.79. The number of nitrogens with two attached hydrogens (primary N) is 1. The van der Waals surface area contributed by atoms with E-state index in [1.165, 1.54) is 25.1 Å². The number of rotatable bonds is 6. The van der Waals surface area contributed by atoms with E-state index in [1.54, 1.807) is 26.0 Å². The van der Waals surface area contributed by atoms with Gasteiger partial charge in [0.2, 0.25) is 5.88 Å². The van der Waals surface area contributed by atoms with Crippen molar-refractivity contribution in [2.24, 2.45) is 5.73 Å². The van der Waals surface area contributed by atoms with Crippen LogP contribution in [0.15, 0.2) is 40.8 Å². The van der Waals surface area contributed by atoms with Gasteiger partial charge in [0.05, 0.1) is 23.4 Å². The molecule has 2 heterocycles. The van der Waals surface area contributed by atoms with E-state index in [-0.39, 0.29) is 46.1 Å². The molecule has 0 aliphatic carbocycles. The van der Waals surface area contributed by atoms with Crippen LogP contribution in [0.4, 0.5) is 11.6 Å². The van der Waals surface area contributed by atoms with Crippen molar-refractivity contribution < 1.29 is 33.1 Å². The van der Waals surface area contributed by atoms with Crippen molar-refractivity contribution in [2.75, 3.05) is 16.8 Å². The van der Waals surface area contributed by atoms with E-state index >= 15 is 0 Å². The molecule has 3 N–H and O–H groups in total. The number of furan rings is 1. The van der Waals surface area contributed by atoms with Gasteiger partial charge in [0.1, 0.15) is 16.9 Å². The van der Waals surface area contributed by atoms with Crippen molar-refractivity contribution in [3.63, 3.8) is 0 Å². The van der Waals surface area contributed by atoms with Crippen LogP contribution < -0.4 is 16.0 Å². The minimum absolute atomic E-state index is 0.0273. The molecule has 10 nitrogen and oxygen atoms in total. The maximum Gasteiger partial charge on any atom is 0.342 e. The number of nitrogens with one attached hydrogen (secondary N) is 1. The highest BCUT2D eigenvalue weighted by Crippen LogP contribution is 2.32. The summed E-state index contributed by atoms with van der Waals surface area (Å²) in [7, 11) is 0. The average Bonchev–Trinajstić information content (AvgIpc) is 3.27. The van der Waals surface area contributed by atoms with E-state index in [0.29, 0.717) is 5.69 Å². The molecular weight excluding hydrogens is 466 g/mol. The quantitative estimate of drug-likeness (QED) is 0.397. The molecule has 2 aromatic carbocycles. The second-order valence-corrected chi connectivity index (χ2v) is 8.27. The van der Waals surface area contributed by atoms with E-state index in [4.69, 9.17) is 14.9 Å². The molecule has 1 aliphatic rings. The number of benzene rings is 2. The van der Waals surface area contributed by atoms with Gasteiger partial charge in [-0.1, -0.05) is 17.7 Å². The highest BCUT2D eigenvalue weighted by atomic mass is 16.5. The van der Waals surface area contributed by atoms with Crippen LogP contribution in [-0.4, -0.2) is 36.2 Å². The number of nitrogens with zero attached hydrogens (tertiary/aromatic N) is 1. The lowest BCUT2D eigenvalue weighted by molar-refractivity contribution is 0.0521. The summed E-state index contributed by atoms with van der Waals surface area (Å²) in [6.07, 6.45) is 0. The number of aryl methyl sites for hydroxylation is 3. The topological polar surface area (TPSA) is 149 Å². The minimum Gasteiger partial charge on any atom is -0.462 e. The van der Waals surface area contributed by atoms with Crippen LogP contribution in [0.2, 0.25) is 0 Å². The Labute approximate surface area is 206 Å². The number of fused-ring (bicyclic) bond motifs is 1. The number of imide groups is 1. The van der Waals surface area contributed by atoms with Crippen LogP contribution in [-0.2, 0) is 4.74 Å². The molecule has 1 aromatic heterocycles. The molecule has 4 rings (SSSR count). The average molecular weight is 489 g/mol. The summed E-state index contributed by atoms with van der Waals surface area (Å²) < 4.78 is 10.4. The fraction of sp³-hybridized carbons (Fsp3) is 0.192. The maximum atomic E-state index is 13.1. The number of hydrogen-bond acceptors (Lipinski definition) is 7. The van der Waals surface area contributed by atoms with Gasteiger partial charge in [0.15, 0.2) is 0 Å². The van der Waals surface area contributed by atoms with Crippen molar-refractivity contribution in [1.29, 1.82) is 0 Å². The Morgan fingerprint density at radius 1 is 0.972 bits per heavy atom. The molecule has 4 amide bonds. The number of carbonyl (C=O) groups excluding carboxylic acids is 5. The summed E-state index contributed by atoms with van der Waals surface area (Å²) in [6, 6.07) is 9.42. The molecule has 0 saturated carbocycles. The van der Waals surface area contributed by atoms with Gasteiger partial charge in [0.25, 0.3) is 23.6 Å². The van der Waals surface area contributed by atoms with Crippen LogP contribution in [0.3, 0.4) is 0 Å². The van der Waals surface area contributed by atoms with E-state index in [2.05, 4.69) is 5.32 Å². The van der Waals surface area contributed by atoms with Crippen molar-refractivity contribution in [3.05, 3.63) is 81.1 Å². The number of anilines is 2. The first kappa shape index (κ1) is 24.4. The van der Waals surface area contributed by atoms with Gasteiger partial charge in [-0.2, -0.15) is 0 Å². The zero-order valence-corrected chi connectivity index (χ0v) is 20.1. The zero-order valence-electron chi connectivity index (χ0n) is 20.1. The van der Waals surface area contributed by atoms with Crippen molar-refractivity contribution in [2.45, 2.75) is 27.7 Å². The maximum absolute atomic E-state index is 13.1. The molecule has 0 atom stereocenters. The summed E-state index contributed by atoms with van der Waals surface area (Å²) in [4.78, 5) is 64.5. The molecule has 1 aliphatic heterocycles. The molecule has 0 saturated heterocycles. The lowest BCUT2D eigenvalue weighted by Gasteiger charge is -2.16. The second-order valence-electron chi connectivity index (χ2n) is 8.27. The Morgan fingerprint density at radius 3 is 2.31 bits per heavy atom. The first-order valence-corrected chi connectivity index (χ1v) is 11.1. The van der Waals surface area contributed by atoms with Gasteiger partial charge >= 0.3 is 5.97 Å². The number of esters is 1. The van der Waals surface area contributed by atoms with Crippen LogP contribution >= 0.6 is 0 Å². The monoisotopic (exact) mass is 489 g/mol. The number of ether oxygens (including phenoxy) is 1. The Morgan fingerprint density at radius 2 is 1.67 bits per heavy atom. The van der Waals surface area contributed by atoms with Crippen LogP contribution in [0.1, 0.15) is 75.6 Å². The van der Waals surface area contributed by atoms with E-state index in [9.17, 15) is 24.0 Å². The number of carbonyl (C=O) groups is 5. The smallest absolute Gasteiger partial charge is 0.342 e. The molecule has 0 fully saturated rings. The fourth-order valence-electron chi connectivity index (χ4n) is 4.15. The standard InChI is InChI=1S/C26H23N3O7/c1-5-35-26(34)19-14(4)36-23(20(19)21(27)30)28-22(31)15-7-8-16-17(11-15)25(33)29(24(16)32)18-9-6-12(2)10-13(18)3/h6-11H,5H2,1-4H3,(H2,27,30)(H,28,31).